The second-order valence-electron chi connectivity index (χ2n) is 15.0. The van der Waals surface area contributed by atoms with E-state index in [2.05, 4.69) is 240 Å². The zero-order chi connectivity index (χ0) is 38.4. The summed E-state index contributed by atoms with van der Waals surface area (Å²) in [6.07, 6.45) is 0. The summed E-state index contributed by atoms with van der Waals surface area (Å²) in [4.78, 5) is 2.40. The fourth-order valence-corrected chi connectivity index (χ4v) is 8.78. The van der Waals surface area contributed by atoms with E-state index in [0.29, 0.717) is 0 Å². The van der Waals surface area contributed by atoms with E-state index < -0.39 is 0 Å². The Kier molecular flexibility index (Phi) is 8.19. The van der Waals surface area contributed by atoms with E-state index >= 15 is 0 Å². The van der Waals surface area contributed by atoms with Gasteiger partial charge in [-0.1, -0.05) is 164 Å². The van der Waals surface area contributed by atoms with Crippen molar-refractivity contribution in [3.8, 4) is 39.1 Å². The summed E-state index contributed by atoms with van der Waals surface area (Å²) in [5, 5.41) is 7.37. The van der Waals surface area contributed by atoms with Gasteiger partial charge >= 0.3 is 0 Å². The molecule has 0 saturated carbocycles. The highest BCUT2D eigenvalue weighted by Gasteiger charge is 2.22. The molecule has 0 aliphatic heterocycles. The van der Waals surface area contributed by atoms with Crippen molar-refractivity contribution in [1.29, 1.82) is 0 Å². The van der Waals surface area contributed by atoms with Crippen molar-refractivity contribution in [2.45, 2.75) is 0 Å². The zero-order valence-electron chi connectivity index (χ0n) is 31.8. The van der Waals surface area contributed by atoms with Crippen LogP contribution in [0.15, 0.2) is 231 Å². The molecule has 0 bridgehead atoms. The standard InChI is InChI=1S/C56H38N2/c1-3-14-39(15-4-1)42-30-32-48(33-31-42)57(47-20-5-2-6-21-47)54-24-13-25-55-56(54)51-22-11-12-23-53(51)58(55)49-34-35-50(45-28-26-40-16-7-9-18-43(40)36-45)52(38-49)46-29-27-41-17-8-10-19-44(41)37-46/h1-38H. The van der Waals surface area contributed by atoms with Gasteiger partial charge < -0.3 is 9.47 Å². The smallest absolute Gasteiger partial charge is 0.0562 e. The molecule has 0 amide bonds. The van der Waals surface area contributed by atoms with E-state index in [-0.39, 0.29) is 0 Å². The molecular weight excluding hydrogens is 701 g/mol. The lowest BCUT2D eigenvalue weighted by molar-refractivity contribution is 1.18. The number of rotatable bonds is 7. The maximum atomic E-state index is 2.45. The van der Waals surface area contributed by atoms with Crippen molar-refractivity contribution in [2.75, 3.05) is 4.90 Å². The molecule has 0 unspecified atom stereocenters. The number of nitrogens with zero attached hydrogens (tertiary/aromatic N) is 2. The first kappa shape index (κ1) is 33.6. The predicted octanol–water partition coefficient (Wildman–Crippen LogP) is 15.6. The van der Waals surface area contributed by atoms with Crippen LogP contribution in [0.3, 0.4) is 0 Å². The van der Waals surface area contributed by atoms with Crippen molar-refractivity contribution in [1.82, 2.24) is 4.57 Å². The average molecular weight is 739 g/mol. The van der Waals surface area contributed by atoms with Crippen LogP contribution in [0, 0.1) is 0 Å². The van der Waals surface area contributed by atoms with Gasteiger partial charge in [-0.05, 0) is 122 Å². The Balaban J connectivity index is 1.13. The summed E-state index contributed by atoms with van der Waals surface area (Å²) in [5.74, 6) is 0. The SMILES string of the molecule is c1ccc(-c2ccc(N(c3ccccc3)c3cccc4c3c3ccccc3n4-c3ccc(-c4ccc5ccccc5c4)c(-c4ccc5ccccc5c4)c3)cc2)cc1. The quantitative estimate of drug-likeness (QED) is 0.158. The van der Waals surface area contributed by atoms with Crippen LogP contribution in [-0.4, -0.2) is 4.57 Å². The molecule has 10 aromatic carbocycles. The second kappa shape index (κ2) is 14.1. The van der Waals surface area contributed by atoms with Gasteiger partial charge in [0.2, 0.25) is 0 Å². The molecule has 1 heterocycles. The van der Waals surface area contributed by atoms with Gasteiger partial charge in [0.05, 0.1) is 16.7 Å². The minimum absolute atomic E-state index is 1.11. The van der Waals surface area contributed by atoms with Crippen molar-refractivity contribution in [3.63, 3.8) is 0 Å². The molecule has 0 N–H and O–H groups in total. The van der Waals surface area contributed by atoms with Crippen LogP contribution < -0.4 is 4.90 Å². The summed E-state index contributed by atoms with van der Waals surface area (Å²) < 4.78 is 2.45. The fraction of sp³-hybridized carbons (Fsp3) is 0. The van der Waals surface area contributed by atoms with Crippen LogP contribution >= 0.6 is 0 Å². The Morgan fingerprint density at radius 2 is 0.845 bits per heavy atom. The number of anilines is 3. The molecule has 2 heteroatoms. The molecular formula is C56H38N2. The van der Waals surface area contributed by atoms with Gasteiger partial charge in [0.25, 0.3) is 0 Å². The van der Waals surface area contributed by atoms with Gasteiger partial charge in [-0.3, -0.25) is 0 Å². The molecule has 0 aliphatic rings. The van der Waals surface area contributed by atoms with E-state index in [1.807, 2.05) is 0 Å². The first-order valence-corrected chi connectivity index (χ1v) is 19.9. The largest absolute Gasteiger partial charge is 0.310 e. The van der Waals surface area contributed by atoms with Crippen LogP contribution in [0.25, 0.3) is 82.4 Å². The van der Waals surface area contributed by atoms with Crippen LogP contribution in [0.1, 0.15) is 0 Å². The highest BCUT2D eigenvalue weighted by Crippen LogP contribution is 2.45. The number of fused-ring (bicyclic) bond motifs is 5. The Labute approximate surface area is 338 Å². The molecule has 58 heavy (non-hydrogen) atoms. The fourth-order valence-electron chi connectivity index (χ4n) is 8.78. The van der Waals surface area contributed by atoms with Gasteiger partial charge in [0, 0.05) is 27.8 Å². The Bertz CT molecular complexity index is 3270. The van der Waals surface area contributed by atoms with Crippen molar-refractivity contribution in [3.05, 3.63) is 231 Å². The topological polar surface area (TPSA) is 8.17 Å². The van der Waals surface area contributed by atoms with E-state index in [4.69, 9.17) is 0 Å². The predicted molar refractivity (Wildman–Crippen MR) is 247 cm³/mol. The Morgan fingerprint density at radius 1 is 0.310 bits per heavy atom. The van der Waals surface area contributed by atoms with E-state index in [9.17, 15) is 0 Å². The molecule has 1 aromatic heterocycles. The molecule has 0 aliphatic carbocycles. The zero-order valence-corrected chi connectivity index (χ0v) is 31.8. The Hall–Kier alpha value is -7.68. The lowest BCUT2D eigenvalue weighted by atomic mass is 9.91. The first-order valence-electron chi connectivity index (χ1n) is 19.9. The summed E-state index contributed by atoms with van der Waals surface area (Å²) in [7, 11) is 0. The minimum Gasteiger partial charge on any atom is -0.310 e. The maximum Gasteiger partial charge on any atom is 0.0562 e. The third-order valence-corrected chi connectivity index (χ3v) is 11.5. The third kappa shape index (κ3) is 5.82. The third-order valence-electron chi connectivity index (χ3n) is 11.5. The molecule has 11 aromatic rings. The van der Waals surface area contributed by atoms with Crippen molar-refractivity contribution in [2.24, 2.45) is 0 Å². The maximum absolute atomic E-state index is 2.45. The summed E-state index contributed by atoms with van der Waals surface area (Å²) in [6, 6.07) is 83.8. The number of benzene rings is 10. The van der Waals surface area contributed by atoms with E-state index in [1.165, 1.54) is 71.2 Å². The second-order valence-corrected chi connectivity index (χ2v) is 15.0. The average Bonchev–Trinajstić information content (AvgIpc) is 3.64. The number of hydrogen-bond donors (Lipinski definition) is 0. The number of aromatic nitrogens is 1. The lowest BCUT2D eigenvalue weighted by Gasteiger charge is -2.26. The number of para-hydroxylation sites is 2. The van der Waals surface area contributed by atoms with Crippen LogP contribution in [0.4, 0.5) is 17.1 Å². The molecule has 272 valence electrons. The minimum atomic E-state index is 1.11. The summed E-state index contributed by atoms with van der Waals surface area (Å²) in [5.41, 5.74) is 14.0. The Morgan fingerprint density at radius 3 is 1.55 bits per heavy atom. The van der Waals surface area contributed by atoms with Gasteiger partial charge in [0.15, 0.2) is 0 Å². The van der Waals surface area contributed by atoms with E-state index in [1.54, 1.807) is 0 Å². The molecule has 0 atom stereocenters. The van der Waals surface area contributed by atoms with Gasteiger partial charge in [-0.25, -0.2) is 0 Å². The summed E-state index contributed by atoms with van der Waals surface area (Å²) in [6.45, 7) is 0. The number of hydrogen-bond acceptors (Lipinski definition) is 1. The highest BCUT2D eigenvalue weighted by atomic mass is 15.1. The first-order chi connectivity index (χ1) is 28.8. The molecule has 2 nitrogen and oxygen atoms in total. The van der Waals surface area contributed by atoms with Crippen molar-refractivity contribution >= 4 is 60.4 Å². The molecule has 11 rings (SSSR count). The highest BCUT2D eigenvalue weighted by molar-refractivity contribution is 6.16. The summed E-state index contributed by atoms with van der Waals surface area (Å²) >= 11 is 0. The van der Waals surface area contributed by atoms with E-state index in [0.717, 1.165) is 28.3 Å². The van der Waals surface area contributed by atoms with Crippen LogP contribution in [0.5, 0.6) is 0 Å². The molecule has 0 fully saturated rings. The van der Waals surface area contributed by atoms with Gasteiger partial charge in [-0.2, -0.15) is 0 Å². The molecule has 0 radical (unpaired) electrons. The van der Waals surface area contributed by atoms with Crippen LogP contribution in [0.2, 0.25) is 0 Å². The van der Waals surface area contributed by atoms with Crippen molar-refractivity contribution < 1.29 is 0 Å². The molecule has 0 spiro atoms. The van der Waals surface area contributed by atoms with Gasteiger partial charge in [-0.15, -0.1) is 0 Å². The molecule has 0 saturated heterocycles. The van der Waals surface area contributed by atoms with Gasteiger partial charge in [0.1, 0.15) is 0 Å². The monoisotopic (exact) mass is 738 g/mol. The lowest BCUT2D eigenvalue weighted by Crippen LogP contribution is -2.10. The normalized spacial score (nSPS) is 11.4. The van der Waals surface area contributed by atoms with Crippen LogP contribution in [-0.2, 0) is 0 Å².